The molecule has 2 nitrogen and oxygen atoms in total. The normalized spacial score (nSPS) is 11.4. The van der Waals surface area contributed by atoms with Gasteiger partial charge in [0.2, 0.25) is 5.78 Å². The lowest BCUT2D eigenvalue weighted by Crippen LogP contribution is -2.01. The minimum atomic E-state index is -0.470. The SMILES string of the molecule is O=CC(=O)c1ccc2ccc3cccc4ccc1c2c34. The Morgan fingerprint density at radius 2 is 1.35 bits per heavy atom. The van der Waals surface area contributed by atoms with E-state index >= 15 is 0 Å². The topological polar surface area (TPSA) is 34.1 Å². The van der Waals surface area contributed by atoms with Gasteiger partial charge in [-0.3, -0.25) is 9.59 Å². The molecule has 2 heteroatoms. The van der Waals surface area contributed by atoms with Crippen LogP contribution in [0.5, 0.6) is 0 Å². The number of ketones is 1. The fraction of sp³-hybridized carbons (Fsp3) is 0. The van der Waals surface area contributed by atoms with Crippen LogP contribution >= 0.6 is 0 Å². The molecule has 0 atom stereocenters. The summed E-state index contributed by atoms with van der Waals surface area (Å²) < 4.78 is 0. The van der Waals surface area contributed by atoms with Crippen LogP contribution in [0.1, 0.15) is 10.4 Å². The van der Waals surface area contributed by atoms with E-state index in [4.69, 9.17) is 0 Å². The van der Waals surface area contributed by atoms with Gasteiger partial charge in [-0.05, 0) is 38.4 Å². The standard InChI is InChI=1S/C18H10O2/c19-10-16(20)14-8-6-13-5-4-11-2-1-3-12-7-9-15(14)18(13)17(11)12/h1-10H. The van der Waals surface area contributed by atoms with Crippen LogP contribution in [-0.2, 0) is 4.79 Å². The van der Waals surface area contributed by atoms with E-state index in [1.54, 1.807) is 6.07 Å². The largest absolute Gasteiger partial charge is 0.294 e. The molecule has 4 aromatic carbocycles. The van der Waals surface area contributed by atoms with E-state index in [1.165, 1.54) is 0 Å². The average Bonchev–Trinajstić information content (AvgIpc) is 2.51. The highest BCUT2D eigenvalue weighted by atomic mass is 16.2. The van der Waals surface area contributed by atoms with Crippen LogP contribution in [0.2, 0.25) is 0 Å². The summed E-state index contributed by atoms with van der Waals surface area (Å²) in [5.74, 6) is -0.470. The molecule has 0 spiro atoms. The Morgan fingerprint density at radius 3 is 2.05 bits per heavy atom. The molecule has 0 aromatic heterocycles. The van der Waals surface area contributed by atoms with Crippen LogP contribution in [0.3, 0.4) is 0 Å². The van der Waals surface area contributed by atoms with Gasteiger partial charge in [-0.15, -0.1) is 0 Å². The van der Waals surface area contributed by atoms with Gasteiger partial charge in [0, 0.05) is 5.56 Å². The molecule has 0 N–H and O–H groups in total. The number of Topliss-reactive ketones (excluding diaryl/α,β-unsaturated/α-hetero) is 1. The van der Waals surface area contributed by atoms with Gasteiger partial charge in [-0.2, -0.15) is 0 Å². The molecule has 0 aliphatic carbocycles. The van der Waals surface area contributed by atoms with Crippen molar-refractivity contribution in [2.75, 3.05) is 0 Å². The third-order valence-corrected chi connectivity index (χ3v) is 3.90. The third kappa shape index (κ3) is 1.33. The van der Waals surface area contributed by atoms with Gasteiger partial charge < -0.3 is 0 Å². The van der Waals surface area contributed by atoms with E-state index in [1.807, 2.05) is 24.3 Å². The molecule has 0 unspecified atom stereocenters. The second kappa shape index (κ2) is 3.87. The Bertz CT molecular complexity index is 967. The van der Waals surface area contributed by atoms with Crippen molar-refractivity contribution < 1.29 is 9.59 Å². The number of carbonyl (C=O) groups excluding carboxylic acids is 2. The molecule has 0 heterocycles. The maximum atomic E-state index is 11.8. The Kier molecular flexibility index (Phi) is 2.15. The number of benzene rings is 4. The molecular weight excluding hydrogens is 248 g/mol. The molecule has 20 heavy (non-hydrogen) atoms. The highest BCUT2D eigenvalue weighted by Gasteiger charge is 2.13. The summed E-state index contributed by atoms with van der Waals surface area (Å²) in [5, 5.41) is 6.46. The molecule has 0 aliphatic heterocycles. The van der Waals surface area contributed by atoms with E-state index in [0.717, 1.165) is 32.3 Å². The van der Waals surface area contributed by atoms with Gasteiger partial charge in [0.25, 0.3) is 0 Å². The zero-order chi connectivity index (χ0) is 13.7. The molecule has 4 aromatic rings. The molecule has 0 amide bonds. The van der Waals surface area contributed by atoms with Crippen LogP contribution in [0, 0.1) is 0 Å². The van der Waals surface area contributed by atoms with E-state index in [9.17, 15) is 9.59 Å². The van der Waals surface area contributed by atoms with Gasteiger partial charge >= 0.3 is 0 Å². The van der Waals surface area contributed by atoms with Crippen LogP contribution in [0.4, 0.5) is 0 Å². The van der Waals surface area contributed by atoms with Crippen LogP contribution < -0.4 is 0 Å². The number of carbonyl (C=O) groups is 2. The molecule has 0 fully saturated rings. The van der Waals surface area contributed by atoms with Gasteiger partial charge in [0.05, 0.1) is 0 Å². The van der Waals surface area contributed by atoms with E-state index in [-0.39, 0.29) is 0 Å². The lowest BCUT2D eigenvalue weighted by molar-refractivity contribution is -0.104. The first-order valence-corrected chi connectivity index (χ1v) is 6.45. The fourth-order valence-electron chi connectivity index (χ4n) is 3.01. The zero-order valence-corrected chi connectivity index (χ0v) is 10.6. The number of rotatable bonds is 2. The maximum Gasteiger partial charge on any atom is 0.225 e. The first-order chi connectivity index (χ1) is 9.79. The first-order valence-electron chi connectivity index (χ1n) is 6.45. The molecule has 0 aliphatic rings. The Morgan fingerprint density at radius 1 is 0.750 bits per heavy atom. The Balaban J connectivity index is 2.32. The quantitative estimate of drug-likeness (QED) is 0.236. The second-order valence-electron chi connectivity index (χ2n) is 4.95. The Labute approximate surface area is 115 Å². The second-order valence-corrected chi connectivity index (χ2v) is 4.95. The van der Waals surface area contributed by atoms with Crippen molar-refractivity contribution in [3.63, 3.8) is 0 Å². The molecule has 0 saturated heterocycles. The summed E-state index contributed by atoms with van der Waals surface area (Å²) in [7, 11) is 0. The number of aldehydes is 1. The fourth-order valence-corrected chi connectivity index (χ4v) is 3.01. The first kappa shape index (κ1) is 11.1. The summed E-state index contributed by atoms with van der Waals surface area (Å²) in [4.78, 5) is 22.6. The summed E-state index contributed by atoms with van der Waals surface area (Å²) >= 11 is 0. The summed E-state index contributed by atoms with van der Waals surface area (Å²) in [5.41, 5.74) is 0.478. The van der Waals surface area contributed by atoms with Crippen LogP contribution in [0.15, 0.2) is 54.6 Å². The smallest absolute Gasteiger partial charge is 0.225 e. The van der Waals surface area contributed by atoms with Crippen molar-refractivity contribution in [2.24, 2.45) is 0 Å². The minimum Gasteiger partial charge on any atom is -0.294 e. The molecule has 0 bridgehead atoms. The summed E-state index contributed by atoms with van der Waals surface area (Å²) in [6, 6.07) is 17.9. The van der Waals surface area contributed by atoms with E-state index in [0.29, 0.717) is 11.8 Å². The van der Waals surface area contributed by atoms with Crippen LogP contribution in [0.25, 0.3) is 32.3 Å². The molecule has 94 valence electrons. The highest BCUT2D eigenvalue weighted by molar-refractivity contribution is 6.38. The molecule has 0 radical (unpaired) electrons. The average molecular weight is 258 g/mol. The summed E-state index contributed by atoms with van der Waals surface area (Å²) in [6.45, 7) is 0. The zero-order valence-electron chi connectivity index (χ0n) is 10.6. The maximum absolute atomic E-state index is 11.8. The minimum absolute atomic E-state index is 0.381. The van der Waals surface area contributed by atoms with E-state index < -0.39 is 5.78 Å². The predicted octanol–water partition coefficient (Wildman–Crippen LogP) is 3.97. The Hall–Kier alpha value is -2.74. The van der Waals surface area contributed by atoms with Gasteiger partial charge in [-0.1, -0.05) is 48.5 Å². The van der Waals surface area contributed by atoms with E-state index in [2.05, 4.69) is 24.3 Å². The van der Waals surface area contributed by atoms with Crippen molar-refractivity contribution in [2.45, 2.75) is 0 Å². The monoisotopic (exact) mass is 258 g/mol. The molecule has 0 saturated carbocycles. The predicted molar refractivity (Wildman–Crippen MR) is 80.5 cm³/mol. The third-order valence-electron chi connectivity index (χ3n) is 3.90. The highest BCUT2D eigenvalue weighted by Crippen LogP contribution is 2.35. The molecular formula is C18H10O2. The van der Waals surface area contributed by atoms with Crippen molar-refractivity contribution in [3.8, 4) is 0 Å². The lowest BCUT2D eigenvalue weighted by atomic mass is 9.91. The van der Waals surface area contributed by atoms with Gasteiger partial charge in [0.15, 0.2) is 6.29 Å². The lowest BCUT2D eigenvalue weighted by Gasteiger charge is -2.12. The van der Waals surface area contributed by atoms with Gasteiger partial charge in [-0.25, -0.2) is 0 Å². The van der Waals surface area contributed by atoms with Crippen molar-refractivity contribution >= 4 is 44.4 Å². The van der Waals surface area contributed by atoms with Crippen molar-refractivity contribution in [1.29, 1.82) is 0 Å². The van der Waals surface area contributed by atoms with Crippen molar-refractivity contribution in [3.05, 3.63) is 60.2 Å². The summed E-state index contributed by atoms with van der Waals surface area (Å²) in [6.07, 6.45) is 0.381. The van der Waals surface area contributed by atoms with Crippen molar-refractivity contribution in [1.82, 2.24) is 0 Å². The number of hydrogen-bond acceptors (Lipinski definition) is 2. The van der Waals surface area contributed by atoms with Crippen LogP contribution in [-0.4, -0.2) is 12.1 Å². The van der Waals surface area contributed by atoms with Gasteiger partial charge in [0.1, 0.15) is 0 Å². The molecule has 4 rings (SSSR count). The number of hydrogen-bond donors (Lipinski definition) is 0.